The van der Waals surface area contributed by atoms with Gasteiger partial charge in [-0.15, -0.1) is 22.7 Å². The smallest absolute Gasteiger partial charge is 0.265 e. The predicted octanol–water partition coefficient (Wildman–Crippen LogP) is 3.97. The molecule has 2 aromatic heterocycles. The number of thiazole rings is 1. The van der Waals surface area contributed by atoms with Gasteiger partial charge in [-0.25, -0.2) is 4.98 Å². The van der Waals surface area contributed by atoms with Crippen LogP contribution in [0.3, 0.4) is 0 Å². The molecule has 1 aliphatic rings. The van der Waals surface area contributed by atoms with Crippen molar-refractivity contribution in [2.45, 2.75) is 0 Å². The van der Waals surface area contributed by atoms with Crippen molar-refractivity contribution < 1.29 is 4.79 Å². The Labute approximate surface area is 146 Å². The second-order valence-corrected chi connectivity index (χ2v) is 7.64. The standard InChI is InChI=1S/C16H14ClN3OS2/c17-13-11-3-1-2-4-12(11)23-14(13)15(21)19-6-8-20(9-7-19)16-18-5-10-22-16/h1-5,10H,6-9H2. The fourth-order valence-electron chi connectivity index (χ4n) is 2.77. The Bertz CT molecular complexity index is 838. The summed E-state index contributed by atoms with van der Waals surface area (Å²) in [6.07, 6.45) is 1.81. The third-order valence-corrected chi connectivity index (χ3v) is 6.48. The molecule has 1 aromatic carbocycles. The van der Waals surface area contributed by atoms with E-state index in [1.807, 2.05) is 40.7 Å². The normalized spacial score (nSPS) is 15.3. The average Bonchev–Trinajstić information content (AvgIpc) is 3.23. The van der Waals surface area contributed by atoms with Crippen molar-refractivity contribution in [2.24, 2.45) is 0 Å². The summed E-state index contributed by atoms with van der Waals surface area (Å²) in [7, 11) is 0. The zero-order valence-electron chi connectivity index (χ0n) is 12.2. The highest BCUT2D eigenvalue weighted by atomic mass is 35.5. The number of fused-ring (bicyclic) bond motifs is 1. The molecule has 3 aromatic rings. The van der Waals surface area contributed by atoms with E-state index in [1.54, 1.807) is 11.3 Å². The number of rotatable bonds is 2. The minimum absolute atomic E-state index is 0.0370. The Morgan fingerprint density at radius 2 is 1.96 bits per heavy atom. The summed E-state index contributed by atoms with van der Waals surface area (Å²) in [6.45, 7) is 3.01. The number of hydrogen-bond acceptors (Lipinski definition) is 5. The van der Waals surface area contributed by atoms with Crippen molar-refractivity contribution in [1.29, 1.82) is 0 Å². The van der Waals surface area contributed by atoms with E-state index in [1.165, 1.54) is 11.3 Å². The summed E-state index contributed by atoms with van der Waals surface area (Å²) in [5.74, 6) is 0.0370. The number of anilines is 1. The molecule has 0 spiro atoms. The van der Waals surface area contributed by atoms with Gasteiger partial charge in [-0.1, -0.05) is 29.8 Å². The molecule has 118 valence electrons. The van der Waals surface area contributed by atoms with Crippen LogP contribution in [0.1, 0.15) is 9.67 Å². The third kappa shape index (κ3) is 2.71. The summed E-state index contributed by atoms with van der Waals surface area (Å²) in [5, 5.41) is 4.54. The summed E-state index contributed by atoms with van der Waals surface area (Å²) in [6, 6.07) is 7.88. The first-order valence-electron chi connectivity index (χ1n) is 7.35. The molecule has 1 aliphatic heterocycles. The molecule has 0 unspecified atom stereocenters. The van der Waals surface area contributed by atoms with Gasteiger partial charge < -0.3 is 9.80 Å². The zero-order chi connectivity index (χ0) is 15.8. The van der Waals surface area contributed by atoms with Gasteiger partial charge in [0.2, 0.25) is 0 Å². The lowest BCUT2D eigenvalue weighted by atomic mass is 10.2. The minimum Gasteiger partial charge on any atom is -0.345 e. The molecule has 4 rings (SSSR count). The van der Waals surface area contributed by atoms with Crippen LogP contribution in [0, 0.1) is 0 Å². The van der Waals surface area contributed by atoms with Crippen LogP contribution in [0.5, 0.6) is 0 Å². The van der Waals surface area contributed by atoms with E-state index in [0.717, 1.165) is 28.3 Å². The van der Waals surface area contributed by atoms with E-state index in [-0.39, 0.29) is 5.91 Å². The lowest BCUT2D eigenvalue weighted by Crippen LogP contribution is -2.48. The lowest BCUT2D eigenvalue weighted by molar-refractivity contribution is 0.0752. The molecule has 1 fully saturated rings. The van der Waals surface area contributed by atoms with E-state index >= 15 is 0 Å². The van der Waals surface area contributed by atoms with Crippen molar-refractivity contribution in [2.75, 3.05) is 31.1 Å². The van der Waals surface area contributed by atoms with Gasteiger partial charge in [-0.3, -0.25) is 4.79 Å². The number of nitrogens with zero attached hydrogens (tertiary/aromatic N) is 3. The van der Waals surface area contributed by atoms with Gasteiger partial charge >= 0.3 is 0 Å². The van der Waals surface area contributed by atoms with Crippen molar-refractivity contribution in [1.82, 2.24) is 9.88 Å². The Hall–Kier alpha value is -1.63. The van der Waals surface area contributed by atoms with Gasteiger partial charge in [0, 0.05) is 47.8 Å². The molecule has 1 saturated heterocycles. The Morgan fingerprint density at radius 3 is 2.65 bits per heavy atom. The maximum absolute atomic E-state index is 12.8. The highest BCUT2D eigenvalue weighted by Crippen LogP contribution is 2.36. The van der Waals surface area contributed by atoms with E-state index in [9.17, 15) is 4.79 Å². The molecule has 3 heterocycles. The van der Waals surface area contributed by atoms with Crippen LogP contribution in [-0.2, 0) is 0 Å². The van der Waals surface area contributed by atoms with Gasteiger partial charge in [0.05, 0.1) is 5.02 Å². The average molecular weight is 364 g/mol. The van der Waals surface area contributed by atoms with Crippen molar-refractivity contribution in [3.05, 3.63) is 45.7 Å². The summed E-state index contributed by atoms with van der Waals surface area (Å²) in [4.78, 5) is 21.9. The van der Waals surface area contributed by atoms with Crippen LogP contribution < -0.4 is 4.90 Å². The van der Waals surface area contributed by atoms with Crippen molar-refractivity contribution in [3.8, 4) is 0 Å². The zero-order valence-corrected chi connectivity index (χ0v) is 14.6. The highest BCUT2D eigenvalue weighted by Gasteiger charge is 2.26. The van der Waals surface area contributed by atoms with E-state index in [2.05, 4.69) is 9.88 Å². The van der Waals surface area contributed by atoms with Crippen molar-refractivity contribution >= 4 is 55.4 Å². The van der Waals surface area contributed by atoms with E-state index < -0.39 is 0 Å². The van der Waals surface area contributed by atoms with Gasteiger partial charge in [0.1, 0.15) is 4.88 Å². The third-order valence-electron chi connectivity index (χ3n) is 3.99. The number of piperazine rings is 1. The molecule has 0 saturated carbocycles. The fraction of sp³-hybridized carbons (Fsp3) is 0.250. The lowest BCUT2D eigenvalue weighted by Gasteiger charge is -2.34. The second-order valence-electron chi connectivity index (χ2n) is 5.34. The predicted molar refractivity (Wildman–Crippen MR) is 97.1 cm³/mol. The molecular weight excluding hydrogens is 350 g/mol. The van der Waals surface area contributed by atoms with Crippen LogP contribution in [-0.4, -0.2) is 42.0 Å². The number of thiophene rings is 1. The molecule has 0 bridgehead atoms. The Kier molecular flexibility index (Phi) is 3.97. The monoisotopic (exact) mass is 363 g/mol. The van der Waals surface area contributed by atoms with Crippen LogP contribution in [0.2, 0.25) is 5.02 Å². The first-order valence-corrected chi connectivity index (χ1v) is 9.42. The number of carbonyl (C=O) groups excluding carboxylic acids is 1. The largest absolute Gasteiger partial charge is 0.345 e. The number of aromatic nitrogens is 1. The summed E-state index contributed by atoms with van der Waals surface area (Å²) >= 11 is 9.54. The van der Waals surface area contributed by atoms with Crippen molar-refractivity contribution in [3.63, 3.8) is 0 Å². The van der Waals surface area contributed by atoms with Crippen LogP contribution in [0.4, 0.5) is 5.13 Å². The SMILES string of the molecule is O=C(c1sc2ccccc2c1Cl)N1CCN(c2nccs2)CC1. The number of amides is 1. The fourth-order valence-corrected chi connectivity index (χ4v) is 4.94. The van der Waals surface area contributed by atoms with Crippen LogP contribution in [0.25, 0.3) is 10.1 Å². The number of halogens is 1. The Morgan fingerprint density at radius 1 is 1.17 bits per heavy atom. The van der Waals surface area contributed by atoms with Gasteiger partial charge in [0.25, 0.3) is 5.91 Å². The molecule has 0 radical (unpaired) electrons. The van der Waals surface area contributed by atoms with Crippen LogP contribution >= 0.6 is 34.3 Å². The minimum atomic E-state index is 0.0370. The quantitative estimate of drug-likeness (QED) is 0.691. The first kappa shape index (κ1) is 14.9. The molecule has 0 N–H and O–H groups in total. The maximum atomic E-state index is 12.8. The van der Waals surface area contributed by atoms with E-state index in [0.29, 0.717) is 23.0 Å². The van der Waals surface area contributed by atoms with Gasteiger partial charge in [-0.2, -0.15) is 0 Å². The number of benzene rings is 1. The van der Waals surface area contributed by atoms with E-state index in [4.69, 9.17) is 11.6 Å². The highest BCUT2D eigenvalue weighted by molar-refractivity contribution is 7.21. The number of hydrogen-bond donors (Lipinski definition) is 0. The topological polar surface area (TPSA) is 36.4 Å². The molecule has 0 atom stereocenters. The number of carbonyl (C=O) groups is 1. The van der Waals surface area contributed by atoms with Gasteiger partial charge in [-0.05, 0) is 6.07 Å². The molecule has 23 heavy (non-hydrogen) atoms. The van der Waals surface area contributed by atoms with Crippen LogP contribution in [0.15, 0.2) is 35.8 Å². The summed E-state index contributed by atoms with van der Waals surface area (Å²) < 4.78 is 1.06. The summed E-state index contributed by atoms with van der Waals surface area (Å²) in [5.41, 5.74) is 0. The molecule has 1 amide bonds. The molecule has 0 aliphatic carbocycles. The molecular formula is C16H14ClN3OS2. The first-order chi connectivity index (χ1) is 11.2. The maximum Gasteiger partial charge on any atom is 0.265 e. The molecule has 7 heteroatoms. The van der Waals surface area contributed by atoms with Gasteiger partial charge in [0.15, 0.2) is 5.13 Å². The Balaban J connectivity index is 1.52. The molecule has 4 nitrogen and oxygen atoms in total. The second kappa shape index (κ2) is 6.11.